The van der Waals surface area contributed by atoms with Gasteiger partial charge in [0.25, 0.3) is 10.2 Å². The van der Waals surface area contributed by atoms with Crippen molar-refractivity contribution in [3.8, 4) is 16.9 Å². The fourth-order valence-corrected chi connectivity index (χ4v) is 5.41. The Hall–Kier alpha value is -6.47. The maximum atomic E-state index is 12.3. The molecule has 0 radical (unpaired) electrons. The van der Waals surface area contributed by atoms with E-state index in [1.165, 1.54) is 18.2 Å². The number of amidine groups is 1. The number of aryl methyl sites for hydroxylation is 1. The third-order valence-corrected chi connectivity index (χ3v) is 8.05. The number of nitrogens with zero attached hydrogens (tertiary/aromatic N) is 6. The lowest BCUT2D eigenvalue weighted by Crippen LogP contribution is -2.33. The van der Waals surface area contributed by atoms with Gasteiger partial charge in [0.05, 0.1) is 12.3 Å². The van der Waals surface area contributed by atoms with Gasteiger partial charge in [-0.1, -0.05) is 85.6 Å². The molecule has 0 saturated carbocycles. The zero-order valence-corrected chi connectivity index (χ0v) is 30.5. The van der Waals surface area contributed by atoms with Gasteiger partial charge in [0.2, 0.25) is 0 Å². The number of hydrogen-bond donors (Lipinski definition) is 2. The normalized spacial score (nSPS) is 11.1. The van der Waals surface area contributed by atoms with E-state index in [4.69, 9.17) is 37.4 Å². The van der Waals surface area contributed by atoms with Crippen LogP contribution in [0.25, 0.3) is 11.1 Å². The van der Waals surface area contributed by atoms with E-state index in [2.05, 4.69) is 26.7 Å². The molecule has 1 aromatic heterocycles. The van der Waals surface area contributed by atoms with Gasteiger partial charge in [-0.2, -0.15) is 5.12 Å². The number of esters is 1. The SMILES string of the molecule is CCCCc1nc(Cl)c(COC(=O)CCCO[N+](=O)[O-])n1Cc1ccc(-c2ccccc2/C(N)=N/N(N)COC(=O)Oc2cccc(CO[N+](=O)[O-])c2)cc1. The van der Waals surface area contributed by atoms with Crippen LogP contribution in [0.3, 0.4) is 0 Å². The molecule has 4 aromatic rings. The first-order chi connectivity index (χ1) is 26.4. The van der Waals surface area contributed by atoms with E-state index in [9.17, 15) is 29.8 Å². The number of aromatic nitrogens is 2. The number of carbonyl (C=O) groups excluding carboxylic acids is 2. The highest BCUT2D eigenvalue weighted by molar-refractivity contribution is 6.30. The van der Waals surface area contributed by atoms with Gasteiger partial charge in [-0.05, 0) is 47.2 Å². The maximum absolute atomic E-state index is 12.3. The van der Waals surface area contributed by atoms with Crippen LogP contribution < -0.4 is 16.3 Å². The zero-order valence-electron chi connectivity index (χ0n) is 29.7. The standard InChI is InChI=1S/C35H39ClN8O11/c1-2-3-12-31-39-33(36)30(22-51-32(45)13-7-18-53-43(47)48)41(31)20-24-14-16-26(17-15-24)28-10-4-5-11-29(28)34(37)40-42(38)23-52-35(46)55-27-9-6-8-25(19-27)21-54-44(49)50/h4-6,8-11,14-17,19H,2-3,7,12-13,18,20-23,38H2,1H3,(H2,37,40). The van der Waals surface area contributed by atoms with Gasteiger partial charge in [0, 0.05) is 24.9 Å². The number of hydrazone groups is 1. The Balaban J connectivity index is 1.40. The lowest BCUT2D eigenvalue weighted by molar-refractivity contribution is -0.763. The Bertz CT molecular complexity index is 1970. The molecular formula is C35H39ClN8O11. The van der Waals surface area contributed by atoms with Gasteiger partial charge in [-0.3, -0.25) is 4.79 Å². The number of imidazole rings is 1. The second-order valence-corrected chi connectivity index (χ2v) is 12.1. The van der Waals surface area contributed by atoms with Crippen molar-refractivity contribution >= 4 is 29.6 Å². The largest absolute Gasteiger partial charge is 0.515 e. The fraction of sp³-hybridized carbons (Fsp3) is 0.314. The van der Waals surface area contributed by atoms with Crippen molar-refractivity contribution in [3.05, 3.63) is 126 Å². The van der Waals surface area contributed by atoms with Crippen molar-refractivity contribution in [3.63, 3.8) is 0 Å². The van der Waals surface area contributed by atoms with Gasteiger partial charge in [-0.25, -0.2) is 15.6 Å². The van der Waals surface area contributed by atoms with Gasteiger partial charge in [0.15, 0.2) is 17.7 Å². The van der Waals surface area contributed by atoms with Crippen molar-refractivity contribution in [2.75, 3.05) is 13.3 Å². The summed E-state index contributed by atoms with van der Waals surface area (Å²) in [6.45, 7) is 1.27. The molecule has 4 rings (SSSR count). The fourth-order valence-electron chi connectivity index (χ4n) is 5.15. The number of benzene rings is 3. The minimum absolute atomic E-state index is 0.0377. The van der Waals surface area contributed by atoms with Crippen LogP contribution in [-0.4, -0.2) is 56.1 Å². The van der Waals surface area contributed by atoms with Crippen LogP contribution >= 0.6 is 11.6 Å². The van der Waals surface area contributed by atoms with E-state index < -0.39 is 29.0 Å². The first kappa shape index (κ1) is 41.3. The monoisotopic (exact) mass is 782 g/mol. The zero-order chi connectivity index (χ0) is 39.7. The van der Waals surface area contributed by atoms with Crippen LogP contribution in [0.2, 0.25) is 5.15 Å². The number of nitrogens with two attached hydrogens (primary N) is 2. The number of unbranched alkanes of at least 4 members (excludes halogenated alkanes) is 1. The molecule has 0 amide bonds. The van der Waals surface area contributed by atoms with E-state index in [0.29, 0.717) is 29.8 Å². The summed E-state index contributed by atoms with van der Waals surface area (Å²) < 4.78 is 17.5. The average Bonchev–Trinajstić information content (AvgIpc) is 3.46. The Morgan fingerprint density at radius 2 is 1.69 bits per heavy atom. The van der Waals surface area contributed by atoms with Crippen LogP contribution in [-0.2, 0) is 50.1 Å². The lowest BCUT2D eigenvalue weighted by Gasteiger charge is -2.16. The van der Waals surface area contributed by atoms with Crippen LogP contribution in [0.15, 0.2) is 77.9 Å². The minimum atomic E-state index is -1.10. The van der Waals surface area contributed by atoms with E-state index in [1.807, 2.05) is 41.0 Å². The summed E-state index contributed by atoms with van der Waals surface area (Å²) in [6.07, 6.45) is 1.44. The Labute approximate surface area is 319 Å². The highest BCUT2D eigenvalue weighted by Crippen LogP contribution is 2.26. The van der Waals surface area contributed by atoms with Crippen molar-refractivity contribution in [2.24, 2.45) is 16.7 Å². The highest BCUT2D eigenvalue weighted by Gasteiger charge is 2.19. The molecule has 55 heavy (non-hydrogen) atoms. The molecule has 1 heterocycles. The third-order valence-electron chi connectivity index (χ3n) is 7.74. The Morgan fingerprint density at radius 3 is 2.42 bits per heavy atom. The summed E-state index contributed by atoms with van der Waals surface area (Å²) in [6, 6.07) is 20.9. The molecule has 19 nitrogen and oxygen atoms in total. The first-order valence-corrected chi connectivity index (χ1v) is 17.2. The number of hydrogen-bond acceptors (Lipinski definition) is 15. The molecule has 292 valence electrons. The Morgan fingerprint density at radius 1 is 0.945 bits per heavy atom. The molecule has 0 aliphatic heterocycles. The van der Waals surface area contributed by atoms with Crippen LogP contribution in [0.5, 0.6) is 5.75 Å². The lowest BCUT2D eigenvalue weighted by atomic mass is 9.98. The molecule has 0 aliphatic rings. The molecule has 20 heteroatoms. The van der Waals surface area contributed by atoms with Crippen molar-refractivity contribution in [1.29, 1.82) is 0 Å². The minimum Gasteiger partial charge on any atom is -0.459 e. The number of ether oxygens (including phenoxy) is 3. The quantitative estimate of drug-likeness (QED) is 0.0125. The molecule has 0 unspecified atom stereocenters. The molecule has 0 aliphatic carbocycles. The third kappa shape index (κ3) is 13.2. The molecule has 3 aromatic carbocycles. The first-order valence-electron chi connectivity index (χ1n) is 16.9. The van der Waals surface area contributed by atoms with Gasteiger partial charge >= 0.3 is 12.1 Å². The predicted molar refractivity (Wildman–Crippen MR) is 196 cm³/mol. The summed E-state index contributed by atoms with van der Waals surface area (Å²) in [4.78, 5) is 58.4. The molecular weight excluding hydrogens is 744 g/mol. The topological polar surface area (TPSA) is 252 Å². The average molecular weight is 783 g/mol. The number of rotatable bonds is 21. The number of carbonyl (C=O) groups is 2. The predicted octanol–water partition coefficient (Wildman–Crippen LogP) is 5.30. The van der Waals surface area contributed by atoms with E-state index >= 15 is 0 Å². The van der Waals surface area contributed by atoms with E-state index in [0.717, 1.165) is 40.5 Å². The number of halogens is 1. The van der Waals surface area contributed by atoms with Gasteiger partial charge in [-0.15, -0.1) is 25.3 Å². The highest BCUT2D eigenvalue weighted by atomic mass is 35.5. The number of hydrazine groups is 1. The van der Waals surface area contributed by atoms with Crippen molar-refractivity contribution < 1.29 is 43.6 Å². The molecule has 4 N–H and O–H groups in total. The summed E-state index contributed by atoms with van der Waals surface area (Å²) in [5.74, 6) is 6.25. The summed E-state index contributed by atoms with van der Waals surface area (Å²) in [5, 5.41) is 24.1. The summed E-state index contributed by atoms with van der Waals surface area (Å²) in [5.41, 5.74) is 10.3. The van der Waals surface area contributed by atoms with E-state index in [1.54, 1.807) is 18.2 Å². The Kier molecular flexibility index (Phi) is 15.5. The smallest absolute Gasteiger partial charge is 0.459 e. The van der Waals surface area contributed by atoms with Crippen molar-refractivity contribution in [1.82, 2.24) is 14.7 Å². The van der Waals surface area contributed by atoms with Gasteiger partial charge in [0.1, 0.15) is 24.8 Å². The molecule has 0 saturated heterocycles. The molecule has 0 fully saturated rings. The van der Waals surface area contributed by atoms with Crippen LogP contribution in [0, 0.1) is 20.2 Å². The van der Waals surface area contributed by atoms with Crippen LogP contribution in [0.1, 0.15) is 60.8 Å². The molecule has 0 spiro atoms. The van der Waals surface area contributed by atoms with Gasteiger partial charge < -0.3 is 34.2 Å². The van der Waals surface area contributed by atoms with Crippen LogP contribution in [0.4, 0.5) is 4.79 Å². The second-order valence-electron chi connectivity index (χ2n) is 11.7. The molecule has 0 bridgehead atoms. The second kappa shape index (κ2) is 20.7. The molecule has 0 atom stereocenters. The summed E-state index contributed by atoms with van der Waals surface area (Å²) in [7, 11) is 0. The van der Waals surface area contributed by atoms with E-state index in [-0.39, 0.29) is 49.4 Å². The van der Waals surface area contributed by atoms with Crippen molar-refractivity contribution in [2.45, 2.75) is 58.8 Å². The maximum Gasteiger partial charge on any atom is 0.515 e. The summed E-state index contributed by atoms with van der Waals surface area (Å²) >= 11 is 6.51.